The summed E-state index contributed by atoms with van der Waals surface area (Å²) in [5.41, 5.74) is -0.298. The van der Waals surface area contributed by atoms with E-state index in [1.54, 1.807) is 0 Å². The molecule has 0 radical (unpaired) electrons. The van der Waals surface area contributed by atoms with Gasteiger partial charge in [-0.3, -0.25) is 10.1 Å². The number of nitro benzene ring substituents is 1. The van der Waals surface area contributed by atoms with Gasteiger partial charge in [0.25, 0.3) is 5.69 Å². The van der Waals surface area contributed by atoms with E-state index in [9.17, 15) is 24.7 Å². The van der Waals surface area contributed by atoms with Crippen molar-refractivity contribution in [3.8, 4) is 0 Å². The second-order valence-corrected chi connectivity index (χ2v) is 3.96. The van der Waals surface area contributed by atoms with Crippen molar-refractivity contribution >= 4 is 18.3 Å². The molecular formula is C10H12FNO4S. The molecule has 0 heterocycles. The fourth-order valence-electron chi connectivity index (χ4n) is 1.49. The van der Waals surface area contributed by atoms with Crippen LogP contribution in [0.3, 0.4) is 0 Å². The van der Waals surface area contributed by atoms with E-state index in [0.717, 1.165) is 12.1 Å². The molecule has 0 aliphatic rings. The summed E-state index contributed by atoms with van der Waals surface area (Å²) in [7, 11) is 0. The largest absolute Gasteiger partial charge is 0.389 e. The van der Waals surface area contributed by atoms with Gasteiger partial charge in [0.15, 0.2) is 0 Å². The third-order valence-corrected chi connectivity index (χ3v) is 2.83. The summed E-state index contributed by atoms with van der Waals surface area (Å²) in [6, 6.07) is 1.75. The van der Waals surface area contributed by atoms with E-state index in [1.807, 2.05) is 0 Å². The van der Waals surface area contributed by atoms with E-state index in [4.69, 9.17) is 0 Å². The normalized spacial score (nSPS) is 14.4. The number of nitro groups is 1. The molecular weight excluding hydrogens is 249 g/mol. The predicted molar refractivity (Wildman–Crippen MR) is 62.6 cm³/mol. The van der Waals surface area contributed by atoms with Crippen LogP contribution in [0.25, 0.3) is 0 Å². The van der Waals surface area contributed by atoms with Gasteiger partial charge in [-0.15, -0.1) is 0 Å². The maximum Gasteiger partial charge on any atom is 0.275 e. The van der Waals surface area contributed by atoms with Crippen LogP contribution in [-0.4, -0.2) is 27.0 Å². The molecule has 0 spiro atoms. The van der Waals surface area contributed by atoms with E-state index in [1.165, 1.54) is 6.92 Å². The van der Waals surface area contributed by atoms with Gasteiger partial charge in [-0.1, -0.05) is 0 Å². The first kappa shape index (κ1) is 13.9. The van der Waals surface area contributed by atoms with Crippen molar-refractivity contribution in [3.05, 3.63) is 39.2 Å². The molecule has 7 heteroatoms. The molecule has 1 aromatic carbocycles. The first-order chi connectivity index (χ1) is 7.88. The molecule has 0 aliphatic heterocycles. The zero-order chi connectivity index (χ0) is 13.2. The van der Waals surface area contributed by atoms with Crippen molar-refractivity contribution in [2.45, 2.75) is 19.1 Å². The smallest absolute Gasteiger partial charge is 0.275 e. The molecule has 17 heavy (non-hydrogen) atoms. The monoisotopic (exact) mass is 261 g/mol. The lowest BCUT2D eigenvalue weighted by Gasteiger charge is -2.18. The minimum absolute atomic E-state index is 0.00162. The Kier molecular flexibility index (Phi) is 4.44. The second kappa shape index (κ2) is 5.44. The lowest BCUT2D eigenvalue weighted by molar-refractivity contribution is -0.385. The van der Waals surface area contributed by atoms with Crippen LogP contribution in [0.4, 0.5) is 10.1 Å². The van der Waals surface area contributed by atoms with Crippen LogP contribution in [0.1, 0.15) is 17.2 Å². The Bertz CT molecular complexity index is 441. The number of aliphatic hydroxyl groups excluding tert-OH is 2. The number of nitrogens with zero attached hydrogens (tertiary/aromatic N) is 1. The SMILES string of the molecule is Cc1c(C(O)C(O)CS)cc(F)cc1[N+](=O)[O-]. The number of hydrogen-bond acceptors (Lipinski definition) is 5. The molecule has 0 aliphatic carbocycles. The number of aliphatic hydroxyl groups is 2. The molecule has 2 unspecified atom stereocenters. The second-order valence-electron chi connectivity index (χ2n) is 3.59. The van der Waals surface area contributed by atoms with Crippen LogP contribution in [0.2, 0.25) is 0 Å². The molecule has 1 rings (SSSR count). The fraction of sp³-hybridized carbons (Fsp3) is 0.400. The summed E-state index contributed by atoms with van der Waals surface area (Å²) < 4.78 is 13.2. The van der Waals surface area contributed by atoms with E-state index in [0.29, 0.717) is 0 Å². The molecule has 5 nitrogen and oxygen atoms in total. The molecule has 0 fully saturated rings. The predicted octanol–water partition coefficient (Wildman–Crippen LogP) is 1.37. The molecule has 0 bridgehead atoms. The van der Waals surface area contributed by atoms with Crippen molar-refractivity contribution in [1.82, 2.24) is 0 Å². The average molecular weight is 261 g/mol. The van der Waals surface area contributed by atoms with Crippen molar-refractivity contribution < 1.29 is 19.5 Å². The van der Waals surface area contributed by atoms with Crippen molar-refractivity contribution in [2.24, 2.45) is 0 Å². The zero-order valence-corrected chi connectivity index (χ0v) is 9.89. The Balaban J connectivity index is 3.29. The lowest BCUT2D eigenvalue weighted by atomic mass is 9.98. The Morgan fingerprint density at radius 1 is 1.53 bits per heavy atom. The summed E-state index contributed by atoms with van der Waals surface area (Å²) in [5, 5.41) is 29.8. The number of benzene rings is 1. The molecule has 0 amide bonds. The Morgan fingerprint density at radius 3 is 2.59 bits per heavy atom. The van der Waals surface area contributed by atoms with Crippen molar-refractivity contribution in [3.63, 3.8) is 0 Å². The summed E-state index contributed by atoms with van der Waals surface area (Å²) in [6.07, 6.45) is -2.61. The van der Waals surface area contributed by atoms with Crippen LogP contribution < -0.4 is 0 Å². The van der Waals surface area contributed by atoms with Crippen LogP contribution in [0.5, 0.6) is 0 Å². The topological polar surface area (TPSA) is 83.6 Å². The third kappa shape index (κ3) is 2.93. The van der Waals surface area contributed by atoms with Crippen molar-refractivity contribution in [1.29, 1.82) is 0 Å². The molecule has 0 aromatic heterocycles. The number of rotatable bonds is 4. The average Bonchev–Trinajstić information content (AvgIpc) is 2.29. The molecule has 1 aromatic rings. The van der Waals surface area contributed by atoms with Crippen molar-refractivity contribution in [2.75, 3.05) is 5.75 Å². The summed E-state index contributed by atoms with van der Waals surface area (Å²) in [5.74, 6) is -0.868. The zero-order valence-electron chi connectivity index (χ0n) is 9.00. The van der Waals surface area contributed by atoms with Crippen LogP contribution >= 0.6 is 12.6 Å². The van der Waals surface area contributed by atoms with Gasteiger partial charge in [0, 0.05) is 11.3 Å². The maximum atomic E-state index is 13.2. The highest BCUT2D eigenvalue weighted by atomic mass is 32.1. The van der Waals surface area contributed by atoms with Gasteiger partial charge < -0.3 is 10.2 Å². The summed E-state index contributed by atoms with van der Waals surface area (Å²) >= 11 is 3.79. The highest BCUT2D eigenvalue weighted by Gasteiger charge is 2.24. The van der Waals surface area contributed by atoms with Gasteiger partial charge in [-0.25, -0.2) is 4.39 Å². The summed E-state index contributed by atoms with van der Waals surface area (Å²) in [4.78, 5) is 9.93. The van der Waals surface area contributed by atoms with Crippen LogP contribution in [0.15, 0.2) is 12.1 Å². The quantitative estimate of drug-likeness (QED) is 0.434. The van der Waals surface area contributed by atoms with Crippen LogP contribution in [0, 0.1) is 22.9 Å². The fourth-order valence-corrected chi connectivity index (χ4v) is 1.69. The summed E-state index contributed by atoms with van der Waals surface area (Å²) in [6.45, 7) is 1.39. The Labute approximate surface area is 102 Å². The first-order valence-electron chi connectivity index (χ1n) is 4.80. The molecule has 2 atom stereocenters. The number of hydrogen-bond donors (Lipinski definition) is 3. The van der Waals surface area contributed by atoms with Gasteiger partial charge in [-0.05, 0) is 18.6 Å². The Hall–Kier alpha value is -1.18. The molecule has 94 valence electrons. The van der Waals surface area contributed by atoms with Gasteiger partial charge in [-0.2, -0.15) is 12.6 Å². The number of thiol groups is 1. The van der Waals surface area contributed by atoms with E-state index in [2.05, 4.69) is 12.6 Å². The third-order valence-electron chi connectivity index (χ3n) is 2.45. The molecule has 2 N–H and O–H groups in total. The molecule has 0 saturated carbocycles. The maximum absolute atomic E-state index is 13.2. The molecule has 0 saturated heterocycles. The standard InChI is InChI=1S/C10H12FNO4S/c1-5-7(10(14)9(13)4-17)2-6(11)3-8(5)12(15)16/h2-3,9-10,13-14,17H,4H2,1H3. The minimum atomic E-state index is -1.40. The highest BCUT2D eigenvalue weighted by molar-refractivity contribution is 7.80. The highest BCUT2D eigenvalue weighted by Crippen LogP contribution is 2.29. The number of halogens is 1. The van der Waals surface area contributed by atoms with E-state index < -0.39 is 28.6 Å². The van der Waals surface area contributed by atoms with Gasteiger partial charge in [0.2, 0.25) is 0 Å². The van der Waals surface area contributed by atoms with Gasteiger partial charge in [0.05, 0.1) is 17.1 Å². The van der Waals surface area contributed by atoms with Gasteiger partial charge >= 0.3 is 0 Å². The van der Waals surface area contributed by atoms with E-state index in [-0.39, 0.29) is 16.9 Å². The van der Waals surface area contributed by atoms with Gasteiger partial charge in [0.1, 0.15) is 11.9 Å². The van der Waals surface area contributed by atoms with E-state index >= 15 is 0 Å². The van der Waals surface area contributed by atoms with Crippen LogP contribution in [-0.2, 0) is 0 Å². The Morgan fingerprint density at radius 2 is 2.12 bits per heavy atom. The lowest BCUT2D eigenvalue weighted by Crippen LogP contribution is -2.21. The minimum Gasteiger partial charge on any atom is -0.389 e. The first-order valence-corrected chi connectivity index (χ1v) is 5.43.